The summed E-state index contributed by atoms with van der Waals surface area (Å²) in [6, 6.07) is 14.9. The summed E-state index contributed by atoms with van der Waals surface area (Å²) in [4.78, 5) is 24.2. The molecule has 0 aromatic heterocycles. The summed E-state index contributed by atoms with van der Waals surface area (Å²) in [7, 11) is 0. The predicted molar refractivity (Wildman–Crippen MR) is 104 cm³/mol. The number of nitrogens with one attached hydrogen (secondary N) is 3. The molecule has 3 N–H and O–H groups in total. The van der Waals surface area contributed by atoms with Crippen LogP contribution in [0.5, 0.6) is 5.75 Å². The molecule has 0 radical (unpaired) electrons. The molecular weight excluding hydrogens is 342 g/mol. The first-order valence-corrected chi connectivity index (χ1v) is 9.19. The van der Waals surface area contributed by atoms with Crippen LogP contribution in [0.1, 0.15) is 47.8 Å². The second kappa shape index (κ2) is 8.58. The van der Waals surface area contributed by atoms with Gasteiger partial charge in [0.2, 0.25) is 0 Å². The summed E-state index contributed by atoms with van der Waals surface area (Å²) in [5.74, 6) is 0.712. The fourth-order valence-electron chi connectivity index (χ4n) is 3.00. The standard InChI is InChI=1S/C21H25N3O3/c1-14(2)23-21(26)22-13-15-7-9-16(10-8-15)20(25)24-18-11-12-27-19-6-4-3-5-17(18)19/h3-10,14,18H,11-13H2,1-2H3,(H,24,25)(H2,22,23,26)/t18-/m1/s1. The number of hydrogen-bond acceptors (Lipinski definition) is 3. The van der Waals surface area contributed by atoms with E-state index in [0.717, 1.165) is 23.3 Å². The Balaban J connectivity index is 1.58. The summed E-state index contributed by atoms with van der Waals surface area (Å²) < 4.78 is 5.64. The summed E-state index contributed by atoms with van der Waals surface area (Å²) in [6.07, 6.45) is 0.746. The van der Waals surface area contributed by atoms with E-state index in [1.807, 2.05) is 50.2 Å². The number of carbonyl (C=O) groups is 2. The number of ether oxygens (including phenoxy) is 1. The van der Waals surface area contributed by atoms with Crippen LogP contribution in [0.4, 0.5) is 4.79 Å². The van der Waals surface area contributed by atoms with E-state index in [4.69, 9.17) is 4.74 Å². The smallest absolute Gasteiger partial charge is 0.315 e. The highest BCUT2D eigenvalue weighted by Gasteiger charge is 2.23. The number of benzene rings is 2. The number of fused-ring (bicyclic) bond motifs is 1. The van der Waals surface area contributed by atoms with Gasteiger partial charge >= 0.3 is 6.03 Å². The third-order valence-electron chi connectivity index (χ3n) is 4.35. The van der Waals surface area contributed by atoms with Crippen LogP contribution < -0.4 is 20.7 Å². The number of rotatable bonds is 5. The molecule has 0 spiro atoms. The molecular formula is C21H25N3O3. The predicted octanol–water partition coefficient (Wildman–Crippen LogP) is 3.15. The van der Waals surface area contributed by atoms with Crippen LogP contribution in [0.15, 0.2) is 48.5 Å². The fourth-order valence-corrected chi connectivity index (χ4v) is 3.00. The highest BCUT2D eigenvalue weighted by molar-refractivity contribution is 5.94. The summed E-state index contributed by atoms with van der Waals surface area (Å²) in [5.41, 5.74) is 2.53. The van der Waals surface area contributed by atoms with Crippen molar-refractivity contribution in [3.63, 3.8) is 0 Å². The van der Waals surface area contributed by atoms with E-state index in [1.165, 1.54) is 0 Å². The lowest BCUT2D eigenvalue weighted by molar-refractivity contribution is 0.0924. The van der Waals surface area contributed by atoms with Gasteiger partial charge in [-0.25, -0.2) is 4.79 Å². The van der Waals surface area contributed by atoms with Crippen LogP contribution in [0.2, 0.25) is 0 Å². The Bertz CT molecular complexity index is 803. The number of carbonyl (C=O) groups excluding carboxylic acids is 2. The van der Waals surface area contributed by atoms with Crippen LogP contribution in [0.3, 0.4) is 0 Å². The maximum atomic E-state index is 12.6. The van der Waals surface area contributed by atoms with E-state index in [2.05, 4.69) is 16.0 Å². The highest BCUT2D eigenvalue weighted by Crippen LogP contribution is 2.31. The van der Waals surface area contributed by atoms with E-state index >= 15 is 0 Å². The molecule has 0 saturated heterocycles. The molecule has 1 atom stereocenters. The zero-order chi connectivity index (χ0) is 19.2. The van der Waals surface area contributed by atoms with Gasteiger partial charge in [0.25, 0.3) is 5.91 Å². The SMILES string of the molecule is CC(C)NC(=O)NCc1ccc(C(=O)N[C@@H]2CCOc3ccccc32)cc1. The van der Waals surface area contributed by atoms with Gasteiger partial charge in [-0.05, 0) is 37.6 Å². The summed E-state index contributed by atoms with van der Waals surface area (Å²) in [5, 5.41) is 8.65. The van der Waals surface area contributed by atoms with Gasteiger partial charge in [-0.2, -0.15) is 0 Å². The van der Waals surface area contributed by atoms with Gasteiger partial charge in [0.1, 0.15) is 5.75 Å². The van der Waals surface area contributed by atoms with Crippen LogP contribution >= 0.6 is 0 Å². The largest absolute Gasteiger partial charge is 0.493 e. The lowest BCUT2D eigenvalue weighted by atomic mass is 10.00. The number of hydrogen-bond donors (Lipinski definition) is 3. The number of urea groups is 1. The molecule has 0 saturated carbocycles. The quantitative estimate of drug-likeness (QED) is 0.759. The topological polar surface area (TPSA) is 79.5 Å². The van der Waals surface area contributed by atoms with Crippen molar-refractivity contribution in [2.24, 2.45) is 0 Å². The fraction of sp³-hybridized carbons (Fsp3) is 0.333. The van der Waals surface area contributed by atoms with Gasteiger partial charge < -0.3 is 20.7 Å². The normalized spacial score (nSPS) is 15.4. The molecule has 3 amide bonds. The van der Waals surface area contributed by atoms with Gasteiger partial charge in [-0.3, -0.25) is 4.79 Å². The molecule has 0 bridgehead atoms. The average Bonchev–Trinajstić information content (AvgIpc) is 2.66. The van der Waals surface area contributed by atoms with Gasteiger partial charge in [0, 0.05) is 30.1 Å². The van der Waals surface area contributed by atoms with Gasteiger partial charge in [0.15, 0.2) is 0 Å². The highest BCUT2D eigenvalue weighted by atomic mass is 16.5. The van der Waals surface area contributed by atoms with Crippen molar-refractivity contribution >= 4 is 11.9 Å². The Kier molecular flexibility index (Phi) is 5.96. The van der Waals surface area contributed by atoms with Crippen molar-refractivity contribution in [1.82, 2.24) is 16.0 Å². The molecule has 0 aliphatic carbocycles. The maximum absolute atomic E-state index is 12.6. The van der Waals surface area contributed by atoms with Crippen molar-refractivity contribution in [3.8, 4) is 5.75 Å². The van der Waals surface area contributed by atoms with Crippen LogP contribution in [-0.4, -0.2) is 24.6 Å². The zero-order valence-corrected chi connectivity index (χ0v) is 15.6. The Morgan fingerprint density at radius 2 is 1.85 bits per heavy atom. The van der Waals surface area contributed by atoms with Crippen LogP contribution in [-0.2, 0) is 6.54 Å². The van der Waals surface area contributed by atoms with E-state index in [0.29, 0.717) is 18.7 Å². The minimum atomic E-state index is -0.204. The van der Waals surface area contributed by atoms with Gasteiger partial charge in [0.05, 0.1) is 12.6 Å². The molecule has 6 nitrogen and oxygen atoms in total. The van der Waals surface area contributed by atoms with Crippen LogP contribution in [0.25, 0.3) is 0 Å². The number of amides is 3. The molecule has 0 fully saturated rings. The summed E-state index contributed by atoms with van der Waals surface area (Å²) >= 11 is 0. The first kappa shape index (κ1) is 18.8. The van der Waals surface area contributed by atoms with E-state index in [1.54, 1.807) is 12.1 Å². The molecule has 2 aromatic carbocycles. The molecule has 6 heteroatoms. The molecule has 27 heavy (non-hydrogen) atoms. The monoisotopic (exact) mass is 367 g/mol. The molecule has 1 aliphatic heterocycles. The van der Waals surface area contributed by atoms with E-state index in [9.17, 15) is 9.59 Å². The second-order valence-electron chi connectivity index (χ2n) is 6.88. The molecule has 1 aliphatic rings. The first-order valence-electron chi connectivity index (χ1n) is 9.19. The molecule has 1 heterocycles. The van der Waals surface area contributed by atoms with Crippen molar-refractivity contribution in [2.75, 3.05) is 6.61 Å². The Morgan fingerprint density at radius 3 is 2.59 bits per heavy atom. The van der Waals surface area contributed by atoms with Gasteiger partial charge in [-0.1, -0.05) is 30.3 Å². The first-order chi connectivity index (χ1) is 13.0. The maximum Gasteiger partial charge on any atom is 0.315 e. The molecule has 3 rings (SSSR count). The molecule has 0 unspecified atom stereocenters. The third-order valence-corrected chi connectivity index (χ3v) is 4.35. The van der Waals surface area contributed by atoms with Crippen molar-refractivity contribution in [3.05, 3.63) is 65.2 Å². The molecule has 142 valence electrons. The minimum absolute atomic E-state index is 0.0523. The van der Waals surface area contributed by atoms with Crippen LogP contribution in [0, 0.1) is 0 Å². The lowest BCUT2D eigenvalue weighted by Gasteiger charge is -2.26. The summed E-state index contributed by atoms with van der Waals surface area (Å²) in [6.45, 7) is 4.81. The van der Waals surface area contributed by atoms with E-state index in [-0.39, 0.29) is 24.0 Å². The Labute approximate surface area is 159 Å². The van der Waals surface area contributed by atoms with Gasteiger partial charge in [-0.15, -0.1) is 0 Å². The second-order valence-corrected chi connectivity index (χ2v) is 6.88. The minimum Gasteiger partial charge on any atom is -0.493 e. The van der Waals surface area contributed by atoms with Crippen molar-refractivity contribution < 1.29 is 14.3 Å². The number of para-hydroxylation sites is 1. The third kappa shape index (κ3) is 5.00. The zero-order valence-electron chi connectivity index (χ0n) is 15.6. The van der Waals surface area contributed by atoms with Crippen molar-refractivity contribution in [1.29, 1.82) is 0 Å². The lowest BCUT2D eigenvalue weighted by Crippen LogP contribution is -2.39. The average molecular weight is 367 g/mol. The van der Waals surface area contributed by atoms with E-state index < -0.39 is 0 Å². The van der Waals surface area contributed by atoms with Crippen molar-refractivity contribution in [2.45, 2.75) is 38.9 Å². The Hall–Kier alpha value is -3.02. The molecule has 2 aromatic rings. The Morgan fingerprint density at radius 1 is 1.11 bits per heavy atom.